The molecule has 124 valence electrons. The minimum atomic E-state index is 0.773. The number of nitrogens with zero attached hydrogens (tertiary/aromatic N) is 6. The third-order valence-electron chi connectivity index (χ3n) is 4.61. The van der Waals surface area contributed by atoms with Crippen LogP contribution in [0, 0.1) is 6.92 Å². The molecule has 0 unspecified atom stereocenters. The summed E-state index contributed by atoms with van der Waals surface area (Å²) >= 11 is 0. The second-order valence-electron chi connectivity index (χ2n) is 6.40. The van der Waals surface area contributed by atoms with Crippen LogP contribution in [0.4, 0.5) is 0 Å². The zero-order valence-corrected chi connectivity index (χ0v) is 14.2. The van der Waals surface area contributed by atoms with Crippen LogP contribution in [-0.4, -0.2) is 35.8 Å². The minimum Gasteiger partial charge on any atom is -0.293 e. The summed E-state index contributed by atoms with van der Waals surface area (Å²) < 4.78 is 2.09. The van der Waals surface area contributed by atoms with Crippen molar-refractivity contribution in [2.45, 2.75) is 46.2 Å². The van der Waals surface area contributed by atoms with Gasteiger partial charge in [0.2, 0.25) is 5.78 Å². The van der Waals surface area contributed by atoms with Crippen molar-refractivity contribution in [3.05, 3.63) is 53.1 Å². The number of aryl methyl sites for hydroxylation is 2. The normalized spacial score (nSPS) is 14.9. The largest absolute Gasteiger partial charge is 0.293 e. The highest BCUT2D eigenvalue weighted by atomic mass is 15.2. The van der Waals surface area contributed by atoms with Crippen LogP contribution in [0.1, 0.15) is 41.8 Å². The molecule has 0 saturated carbocycles. The molecule has 0 N–H and O–H groups in total. The van der Waals surface area contributed by atoms with Gasteiger partial charge in [-0.1, -0.05) is 6.92 Å². The van der Waals surface area contributed by atoms with Gasteiger partial charge in [0.15, 0.2) is 0 Å². The van der Waals surface area contributed by atoms with Crippen LogP contribution in [0.5, 0.6) is 0 Å². The van der Waals surface area contributed by atoms with E-state index in [0.717, 1.165) is 56.2 Å². The summed E-state index contributed by atoms with van der Waals surface area (Å²) in [7, 11) is 0. The SMILES string of the molecule is CCCc1ncc2c(n1)CCN(Cc1c(C)nc3ncccn13)C2. The first-order valence-corrected chi connectivity index (χ1v) is 8.59. The van der Waals surface area contributed by atoms with Gasteiger partial charge in [0.05, 0.1) is 11.4 Å². The van der Waals surface area contributed by atoms with E-state index in [1.165, 1.54) is 17.0 Å². The van der Waals surface area contributed by atoms with E-state index in [-0.39, 0.29) is 0 Å². The summed E-state index contributed by atoms with van der Waals surface area (Å²) in [4.78, 5) is 20.6. The van der Waals surface area contributed by atoms with Gasteiger partial charge in [-0.15, -0.1) is 0 Å². The molecule has 4 heterocycles. The van der Waals surface area contributed by atoms with E-state index in [1.54, 1.807) is 6.20 Å². The molecule has 3 aromatic rings. The first-order valence-electron chi connectivity index (χ1n) is 8.59. The van der Waals surface area contributed by atoms with Crippen molar-refractivity contribution in [1.82, 2.24) is 29.2 Å². The van der Waals surface area contributed by atoms with Crippen LogP contribution in [0.3, 0.4) is 0 Å². The van der Waals surface area contributed by atoms with Crippen molar-refractivity contribution in [3.63, 3.8) is 0 Å². The monoisotopic (exact) mass is 322 g/mol. The fourth-order valence-electron chi connectivity index (χ4n) is 3.34. The Balaban J connectivity index is 1.55. The Hall–Kier alpha value is -2.34. The van der Waals surface area contributed by atoms with Gasteiger partial charge in [-0.3, -0.25) is 9.30 Å². The van der Waals surface area contributed by atoms with Gasteiger partial charge in [-0.25, -0.2) is 19.9 Å². The lowest BCUT2D eigenvalue weighted by Crippen LogP contribution is -2.31. The molecule has 0 radical (unpaired) electrons. The van der Waals surface area contributed by atoms with Crippen LogP contribution in [-0.2, 0) is 25.9 Å². The maximum Gasteiger partial charge on any atom is 0.234 e. The second-order valence-corrected chi connectivity index (χ2v) is 6.40. The maximum absolute atomic E-state index is 4.74. The third-order valence-corrected chi connectivity index (χ3v) is 4.61. The molecule has 1 aliphatic heterocycles. The molecule has 0 bridgehead atoms. The summed E-state index contributed by atoms with van der Waals surface area (Å²) in [6.07, 6.45) is 8.88. The first-order chi connectivity index (χ1) is 11.7. The lowest BCUT2D eigenvalue weighted by atomic mass is 10.1. The average molecular weight is 322 g/mol. The smallest absolute Gasteiger partial charge is 0.234 e. The van der Waals surface area contributed by atoms with E-state index in [0.29, 0.717) is 0 Å². The Morgan fingerprint density at radius 2 is 2.12 bits per heavy atom. The van der Waals surface area contributed by atoms with Gasteiger partial charge in [-0.05, 0) is 19.4 Å². The van der Waals surface area contributed by atoms with Crippen LogP contribution >= 0.6 is 0 Å². The van der Waals surface area contributed by atoms with E-state index in [2.05, 4.69) is 38.1 Å². The number of rotatable bonds is 4. The summed E-state index contributed by atoms with van der Waals surface area (Å²) in [5.41, 5.74) is 4.74. The van der Waals surface area contributed by atoms with Crippen LogP contribution in [0.25, 0.3) is 5.78 Å². The van der Waals surface area contributed by atoms with Gasteiger partial charge in [-0.2, -0.15) is 0 Å². The second kappa shape index (κ2) is 6.28. The zero-order chi connectivity index (χ0) is 16.5. The summed E-state index contributed by atoms with van der Waals surface area (Å²) in [6.45, 7) is 7.01. The molecule has 6 nitrogen and oxygen atoms in total. The fourth-order valence-corrected chi connectivity index (χ4v) is 3.34. The predicted octanol–water partition coefficient (Wildman–Crippen LogP) is 2.34. The van der Waals surface area contributed by atoms with Crippen molar-refractivity contribution in [2.24, 2.45) is 0 Å². The fraction of sp³-hybridized carbons (Fsp3) is 0.444. The highest BCUT2D eigenvalue weighted by Gasteiger charge is 2.20. The number of imidazole rings is 1. The van der Waals surface area contributed by atoms with E-state index >= 15 is 0 Å². The van der Waals surface area contributed by atoms with Crippen LogP contribution in [0.15, 0.2) is 24.7 Å². The van der Waals surface area contributed by atoms with Gasteiger partial charge >= 0.3 is 0 Å². The number of aromatic nitrogens is 5. The lowest BCUT2D eigenvalue weighted by Gasteiger charge is -2.28. The van der Waals surface area contributed by atoms with Crippen LogP contribution < -0.4 is 0 Å². The molecule has 0 atom stereocenters. The Kier molecular flexibility index (Phi) is 3.98. The van der Waals surface area contributed by atoms with Gasteiger partial charge in [0.1, 0.15) is 5.82 Å². The predicted molar refractivity (Wildman–Crippen MR) is 91.6 cm³/mol. The van der Waals surface area contributed by atoms with Crippen molar-refractivity contribution in [2.75, 3.05) is 6.54 Å². The molecule has 0 spiro atoms. The van der Waals surface area contributed by atoms with Crippen LogP contribution in [0.2, 0.25) is 0 Å². The summed E-state index contributed by atoms with van der Waals surface area (Å²) in [5.74, 6) is 1.75. The standard InChI is InChI=1S/C18H22N6/c1-3-5-17-20-10-14-11-23(9-6-15(14)22-17)12-16-13(2)21-18-19-7-4-8-24(16)18/h4,7-8,10H,3,5-6,9,11-12H2,1-2H3. The summed E-state index contributed by atoms with van der Waals surface area (Å²) in [5, 5.41) is 0. The molecular formula is C18H22N6. The minimum absolute atomic E-state index is 0.773. The zero-order valence-electron chi connectivity index (χ0n) is 14.2. The van der Waals surface area contributed by atoms with Crippen molar-refractivity contribution >= 4 is 5.78 Å². The van der Waals surface area contributed by atoms with Crippen molar-refractivity contribution < 1.29 is 0 Å². The summed E-state index contributed by atoms with van der Waals surface area (Å²) in [6, 6.07) is 1.95. The molecule has 3 aromatic heterocycles. The molecule has 0 aromatic carbocycles. The van der Waals surface area contributed by atoms with Crippen molar-refractivity contribution in [1.29, 1.82) is 0 Å². The molecule has 4 rings (SSSR count). The highest BCUT2D eigenvalue weighted by molar-refractivity contribution is 5.35. The molecule has 0 amide bonds. The van der Waals surface area contributed by atoms with E-state index in [9.17, 15) is 0 Å². The van der Waals surface area contributed by atoms with Gasteiger partial charge in [0, 0.05) is 62.3 Å². The molecule has 24 heavy (non-hydrogen) atoms. The third kappa shape index (κ3) is 2.78. The van der Waals surface area contributed by atoms with E-state index < -0.39 is 0 Å². The Bertz CT molecular complexity index is 869. The quantitative estimate of drug-likeness (QED) is 0.738. The molecule has 0 saturated heterocycles. The molecule has 6 heteroatoms. The number of fused-ring (bicyclic) bond motifs is 2. The number of hydrogen-bond donors (Lipinski definition) is 0. The maximum atomic E-state index is 4.74. The van der Waals surface area contributed by atoms with Gasteiger partial charge < -0.3 is 0 Å². The Morgan fingerprint density at radius 1 is 1.21 bits per heavy atom. The average Bonchev–Trinajstić information content (AvgIpc) is 2.91. The lowest BCUT2D eigenvalue weighted by molar-refractivity contribution is 0.238. The highest BCUT2D eigenvalue weighted by Crippen LogP contribution is 2.20. The first kappa shape index (κ1) is 15.2. The molecule has 0 fully saturated rings. The molecule has 0 aliphatic carbocycles. The van der Waals surface area contributed by atoms with E-state index in [4.69, 9.17) is 4.98 Å². The molecule has 1 aliphatic rings. The topological polar surface area (TPSA) is 59.2 Å². The Labute approximate surface area is 141 Å². The number of hydrogen-bond acceptors (Lipinski definition) is 5. The van der Waals surface area contributed by atoms with E-state index in [1.807, 2.05) is 18.5 Å². The Morgan fingerprint density at radius 3 is 3.00 bits per heavy atom. The molecular weight excluding hydrogens is 300 g/mol. The van der Waals surface area contributed by atoms with Crippen molar-refractivity contribution in [3.8, 4) is 0 Å². The van der Waals surface area contributed by atoms with Gasteiger partial charge in [0.25, 0.3) is 0 Å².